The molecule has 2 N–H and O–H groups in total. The average molecular weight is 662 g/mol. The van der Waals surface area contributed by atoms with Crippen LogP contribution in [0.3, 0.4) is 0 Å². The molecular weight excluding hydrogens is 626 g/mol. The predicted octanol–water partition coefficient (Wildman–Crippen LogP) is 3.52. The number of hydrogen-bond acceptors (Lipinski definition) is 11. The Morgan fingerprint density at radius 2 is 1.96 bits per heavy atom. The summed E-state index contributed by atoms with van der Waals surface area (Å²) in [5.41, 5.74) is 6.28. The Labute approximate surface area is 281 Å². The number of likely N-dealkylation sites (N-methyl/N-ethyl adjacent to an activating group) is 1. The largest absolute Gasteiger partial charge is 0.494 e. The minimum Gasteiger partial charge on any atom is -0.494 e. The number of methoxy groups -OCH3 is 2. The fourth-order valence-electron chi connectivity index (χ4n) is 5.91. The lowest BCUT2D eigenvalue weighted by molar-refractivity contribution is -0.139. The molecule has 1 amide bonds. The van der Waals surface area contributed by atoms with Gasteiger partial charge in [-0.1, -0.05) is 24.3 Å². The van der Waals surface area contributed by atoms with E-state index >= 15 is 0 Å². The molecule has 0 unspecified atom stereocenters. The van der Waals surface area contributed by atoms with Crippen LogP contribution in [0.15, 0.2) is 73.3 Å². The molecule has 0 radical (unpaired) electrons. The van der Waals surface area contributed by atoms with E-state index in [0.29, 0.717) is 72.2 Å². The second-order valence-corrected chi connectivity index (χ2v) is 11.7. The monoisotopic (exact) mass is 661 g/mol. The predicted molar refractivity (Wildman–Crippen MR) is 182 cm³/mol. The normalized spacial score (nSPS) is 12.4. The Balaban J connectivity index is 1.17. The summed E-state index contributed by atoms with van der Waals surface area (Å²) in [7, 11) is 4.95. The molecule has 0 atom stereocenters. The molecule has 0 fully saturated rings. The Morgan fingerprint density at radius 3 is 2.82 bits per heavy atom. The fourth-order valence-corrected chi connectivity index (χ4v) is 5.91. The first-order valence-electron chi connectivity index (χ1n) is 15.8. The van der Waals surface area contributed by atoms with Crippen LogP contribution in [0.1, 0.15) is 21.6 Å². The van der Waals surface area contributed by atoms with Gasteiger partial charge in [-0.05, 0) is 30.3 Å². The number of fused-ring (bicyclic) bond motifs is 3. The zero-order chi connectivity index (χ0) is 33.9. The van der Waals surface area contributed by atoms with Crippen molar-refractivity contribution in [2.45, 2.75) is 13.0 Å². The Hall–Kier alpha value is -6.02. The summed E-state index contributed by atoms with van der Waals surface area (Å²) in [5.74, 6) is 0.606. The zero-order valence-electron chi connectivity index (χ0n) is 27.3. The molecule has 0 aliphatic carbocycles. The molecule has 0 spiro atoms. The highest BCUT2D eigenvalue weighted by Gasteiger charge is 2.24. The summed E-state index contributed by atoms with van der Waals surface area (Å²) in [6.07, 6.45) is 7.13. The number of nitrogens with zero attached hydrogens (tertiary/aromatic N) is 7. The molecule has 0 saturated heterocycles. The van der Waals surface area contributed by atoms with Gasteiger partial charge in [-0.3, -0.25) is 14.6 Å². The first kappa shape index (κ1) is 31.6. The van der Waals surface area contributed by atoms with Gasteiger partial charge < -0.3 is 29.7 Å². The highest BCUT2D eigenvalue weighted by atomic mass is 16.5. The van der Waals surface area contributed by atoms with Crippen LogP contribution in [-0.4, -0.2) is 93.6 Å². The van der Waals surface area contributed by atoms with Crippen LogP contribution in [0, 0.1) is 0 Å². The molecule has 7 rings (SSSR count). The van der Waals surface area contributed by atoms with Crippen LogP contribution < -0.4 is 20.1 Å². The number of hydrogen-bond donors (Lipinski definition) is 2. The third-order valence-corrected chi connectivity index (χ3v) is 8.32. The first-order valence-corrected chi connectivity index (χ1v) is 15.8. The van der Waals surface area contributed by atoms with Crippen LogP contribution in [0.2, 0.25) is 0 Å². The molecule has 2 aromatic carbocycles. The third kappa shape index (κ3) is 6.45. The summed E-state index contributed by atoms with van der Waals surface area (Å²) < 4.78 is 19.9. The summed E-state index contributed by atoms with van der Waals surface area (Å²) in [4.78, 5) is 36.7. The number of nitrogens with one attached hydrogen (secondary N) is 2. The van der Waals surface area contributed by atoms with Crippen molar-refractivity contribution in [1.82, 2.24) is 39.6 Å². The zero-order valence-corrected chi connectivity index (χ0v) is 27.3. The van der Waals surface area contributed by atoms with Gasteiger partial charge in [0.2, 0.25) is 0 Å². The summed E-state index contributed by atoms with van der Waals surface area (Å²) in [6, 6.07) is 15.3. The lowest BCUT2D eigenvalue weighted by atomic mass is 10.1. The highest BCUT2D eigenvalue weighted by Crippen LogP contribution is 2.38. The molecule has 49 heavy (non-hydrogen) atoms. The molecule has 1 aliphatic rings. The number of esters is 1. The maximum atomic E-state index is 13.7. The lowest BCUT2D eigenvalue weighted by Gasteiger charge is -2.21. The number of aromatic nitrogens is 6. The van der Waals surface area contributed by atoms with E-state index in [-0.39, 0.29) is 24.0 Å². The van der Waals surface area contributed by atoms with E-state index in [0.717, 1.165) is 22.4 Å². The van der Waals surface area contributed by atoms with E-state index in [4.69, 9.17) is 24.3 Å². The number of carbonyl (C=O) groups excluding carboxylic acids is 2. The number of amides is 1. The molecule has 5 heterocycles. The summed E-state index contributed by atoms with van der Waals surface area (Å²) in [6.45, 7) is 2.81. The maximum Gasteiger partial charge on any atom is 0.309 e. The van der Waals surface area contributed by atoms with Gasteiger partial charge in [0.05, 0.1) is 54.7 Å². The van der Waals surface area contributed by atoms with Crippen LogP contribution in [0.25, 0.3) is 33.5 Å². The molecule has 14 nitrogen and oxygen atoms in total. The van der Waals surface area contributed by atoms with Crippen molar-refractivity contribution in [1.29, 1.82) is 0 Å². The topological polar surface area (TPSA) is 150 Å². The molecule has 0 bridgehead atoms. The van der Waals surface area contributed by atoms with Gasteiger partial charge >= 0.3 is 5.97 Å². The van der Waals surface area contributed by atoms with Crippen molar-refractivity contribution < 1.29 is 23.8 Å². The van der Waals surface area contributed by atoms with Gasteiger partial charge in [0.15, 0.2) is 11.3 Å². The smallest absolute Gasteiger partial charge is 0.309 e. The summed E-state index contributed by atoms with van der Waals surface area (Å²) >= 11 is 0. The highest BCUT2D eigenvalue weighted by molar-refractivity contribution is 6.05. The quantitative estimate of drug-likeness (QED) is 0.196. The van der Waals surface area contributed by atoms with E-state index in [2.05, 4.69) is 25.6 Å². The summed E-state index contributed by atoms with van der Waals surface area (Å²) in [5, 5.41) is 16.2. The SMILES string of the molecule is COC(=O)Cc1cccc(CN(C)CCNC(=O)c2nn(-c3cc4c(cc3OC)NCCO4)c3cc(-c4cnn5cccnc45)ncc23)c1. The van der Waals surface area contributed by atoms with Crippen molar-refractivity contribution in [3.05, 3.63) is 90.1 Å². The van der Waals surface area contributed by atoms with Crippen LogP contribution in [0.4, 0.5) is 5.69 Å². The van der Waals surface area contributed by atoms with Crippen molar-refractivity contribution in [3.8, 4) is 28.4 Å². The maximum absolute atomic E-state index is 13.7. The number of benzene rings is 2. The number of anilines is 1. The number of carbonyl (C=O) groups is 2. The lowest BCUT2D eigenvalue weighted by Crippen LogP contribution is -2.33. The van der Waals surface area contributed by atoms with E-state index in [9.17, 15) is 9.59 Å². The number of rotatable bonds is 11. The van der Waals surface area contributed by atoms with Gasteiger partial charge in [0.1, 0.15) is 23.8 Å². The molecule has 0 saturated carbocycles. The van der Waals surface area contributed by atoms with Gasteiger partial charge in [0.25, 0.3) is 5.91 Å². The van der Waals surface area contributed by atoms with Crippen molar-refractivity contribution >= 4 is 34.1 Å². The third-order valence-electron chi connectivity index (χ3n) is 8.32. The van der Waals surface area contributed by atoms with E-state index < -0.39 is 0 Å². The Morgan fingerprint density at radius 1 is 1.08 bits per heavy atom. The van der Waals surface area contributed by atoms with Crippen LogP contribution in [-0.2, 0) is 22.5 Å². The van der Waals surface area contributed by atoms with Gasteiger partial charge in [-0.15, -0.1) is 0 Å². The minimum absolute atomic E-state index is 0.221. The van der Waals surface area contributed by atoms with Crippen molar-refractivity contribution in [2.75, 3.05) is 52.8 Å². The molecule has 4 aromatic heterocycles. The Bertz CT molecular complexity index is 2180. The van der Waals surface area contributed by atoms with E-state index in [1.807, 2.05) is 61.8 Å². The van der Waals surface area contributed by atoms with Crippen LogP contribution >= 0.6 is 0 Å². The van der Waals surface area contributed by atoms with E-state index in [1.54, 1.807) is 34.9 Å². The van der Waals surface area contributed by atoms with Gasteiger partial charge in [-0.2, -0.15) is 10.2 Å². The fraction of sp³-hybridized carbons (Fsp3) is 0.257. The van der Waals surface area contributed by atoms with E-state index in [1.165, 1.54) is 7.11 Å². The van der Waals surface area contributed by atoms with Crippen molar-refractivity contribution in [3.63, 3.8) is 0 Å². The molecular formula is C35H35N9O5. The molecule has 1 aliphatic heterocycles. The standard InChI is InChI=1S/C35H35N9O5/c1-42(21-23-7-4-6-22(14-23)15-32(45)48-3)12-9-38-35(46)33-25-19-39-26(24-20-40-43-11-5-8-37-34(24)43)16-28(25)44(41-33)29-18-30-27(17-31(29)47-2)36-10-13-49-30/h4-8,11,14,16-20,36H,9-10,12-13,15,21H2,1-3H3,(H,38,46). The number of ether oxygens (including phenoxy) is 3. The molecule has 14 heteroatoms. The molecule has 250 valence electrons. The molecule has 6 aromatic rings. The first-order chi connectivity index (χ1) is 23.9. The van der Waals surface area contributed by atoms with Crippen LogP contribution in [0.5, 0.6) is 11.5 Å². The van der Waals surface area contributed by atoms with Gasteiger partial charge in [-0.25, -0.2) is 14.2 Å². The average Bonchev–Trinajstić information content (AvgIpc) is 3.73. The van der Waals surface area contributed by atoms with Gasteiger partial charge in [0, 0.05) is 56.9 Å². The number of pyridine rings is 1. The Kier molecular flexibility index (Phi) is 8.77. The second-order valence-electron chi connectivity index (χ2n) is 11.7. The minimum atomic E-state index is -0.334. The van der Waals surface area contributed by atoms with Crippen molar-refractivity contribution in [2.24, 2.45) is 0 Å². The second kappa shape index (κ2) is 13.6.